The molecule has 0 bridgehead atoms. The third-order valence-corrected chi connectivity index (χ3v) is 14.9. The van der Waals surface area contributed by atoms with E-state index in [-0.39, 0.29) is 29.0 Å². The Labute approximate surface area is 351 Å². The zero-order valence-corrected chi connectivity index (χ0v) is 34.7. The summed E-state index contributed by atoms with van der Waals surface area (Å²) >= 11 is 6.37. The van der Waals surface area contributed by atoms with E-state index in [4.69, 9.17) is 11.6 Å². The van der Waals surface area contributed by atoms with Crippen LogP contribution in [0.25, 0.3) is 0 Å². The average molecular weight is 821 g/mol. The van der Waals surface area contributed by atoms with Crippen molar-refractivity contribution >= 4 is 52.1 Å². The molecule has 5 heterocycles. The molecule has 5 saturated heterocycles. The van der Waals surface area contributed by atoms with Crippen LogP contribution in [0.1, 0.15) is 80.6 Å². The van der Waals surface area contributed by atoms with E-state index in [2.05, 4.69) is 55.4 Å². The number of nitriles is 1. The van der Waals surface area contributed by atoms with Crippen molar-refractivity contribution in [2.75, 3.05) is 78.9 Å². The van der Waals surface area contributed by atoms with E-state index >= 15 is 4.39 Å². The lowest BCUT2D eigenvalue weighted by Gasteiger charge is -2.56. The van der Waals surface area contributed by atoms with Crippen molar-refractivity contribution in [3.63, 3.8) is 0 Å². The summed E-state index contributed by atoms with van der Waals surface area (Å²) < 4.78 is 15.7. The molecule has 2 spiro atoms. The van der Waals surface area contributed by atoms with Crippen LogP contribution in [0.4, 0.5) is 27.1 Å². The van der Waals surface area contributed by atoms with Crippen LogP contribution in [0.3, 0.4) is 0 Å². The Kier molecular flexibility index (Phi) is 10.7. The van der Waals surface area contributed by atoms with E-state index < -0.39 is 6.04 Å². The standard InChI is InChI=1S/C46H54ClFN8O3/c1-31-26-46(30-56(31)36-7-5-33(29-49)38(47)25-36)13-15-54(16-14-46)41-9-6-32(23-39(41)48)44(59)55-17-11-45(12-18-55)27-37(28-45)53-21-19-52(20-22-53)35-4-2-3-34(24-35)50-40-8-10-42(57)51-43(40)58/h2-7,9,23-25,31,37,40,50H,8,10-22,26-28,30H2,1H3,(H,51,57,58)/t31-,40?/m1/s1. The number of benzene rings is 3. The third-order valence-electron chi connectivity index (χ3n) is 14.6. The number of carbonyl (C=O) groups is 3. The highest BCUT2D eigenvalue weighted by atomic mass is 35.5. The summed E-state index contributed by atoms with van der Waals surface area (Å²) in [7, 11) is 0. The highest BCUT2D eigenvalue weighted by Crippen LogP contribution is 2.51. The predicted molar refractivity (Wildman–Crippen MR) is 228 cm³/mol. The van der Waals surface area contributed by atoms with Crippen molar-refractivity contribution < 1.29 is 18.8 Å². The minimum atomic E-state index is -0.399. The quantitative estimate of drug-likeness (QED) is 0.253. The second kappa shape index (κ2) is 16.0. The maximum absolute atomic E-state index is 15.7. The van der Waals surface area contributed by atoms with Crippen LogP contribution >= 0.6 is 11.6 Å². The second-order valence-corrected chi connectivity index (χ2v) is 18.6. The fourth-order valence-electron chi connectivity index (χ4n) is 11.1. The van der Waals surface area contributed by atoms with Crippen LogP contribution in [0.2, 0.25) is 5.02 Å². The van der Waals surface area contributed by atoms with Gasteiger partial charge in [0.25, 0.3) is 5.91 Å². The molecular formula is C46H54ClFN8O3. The van der Waals surface area contributed by atoms with Crippen LogP contribution in [0, 0.1) is 28.0 Å². The Morgan fingerprint density at radius 3 is 2.31 bits per heavy atom. The summed E-state index contributed by atoms with van der Waals surface area (Å²) in [6, 6.07) is 21.6. The Balaban J connectivity index is 0.721. The zero-order valence-electron chi connectivity index (χ0n) is 33.9. The fourth-order valence-corrected chi connectivity index (χ4v) is 11.3. The Morgan fingerprint density at radius 2 is 1.61 bits per heavy atom. The lowest BCUT2D eigenvalue weighted by molar-refractivity contribution is -0.133. The molecular weight excluding hydrogens is 767 g/mol. The molecule has 1 unspecified atom stereocenters. The molecule has 1 aliphatic carbocycles. The summed E-state index contributed by atoms with van der Waals surface area (Å²) in [6.45, 7) is 10.0. The van der Waals surface area contributed by atoms with E-state index in [1.807, 2.05) is 35.2 Å². The molecule has 3 aromatic carbocycles. The fraction of sp³-hybridized carbons (Fsp3) is 0.522. The third kappa shape index (κ3) is 7.96. The topological polar surface area (TPSA) is 115 Å². The number of nitrogens with one attached hydrogen (secondary N) is 2. The number of carbonyl (C=O) groups excluding carboxylic acids is 3. The molecule has 11 nitrogen and oxygen atoms in total. The molecule has 0 radical (unpaired) electrons. The monoisotopic (exact) mass is 820 g/mol. The van der Waals surface area contributed by atoms with Gasteiger partial charge in [-0.3, -0.25) is 24.6 Å². The number of nitrogens with zero attached hydrogens (tertiary/aromatic N) is 6. The first kappa shape index (κ1) is 39.6. The van der Waals surface area contributed by atoms with E-state index in [0.29, 0.717) is 65.3 Å². The molecule has 0 aromatic heterocycles. The molecule has 3 aromatic rings. The summed E-state index contributed by atoms with van der Waals surface area (Å²) in [5.74, 6) is -0.876. The minimum Gasteiger partial charge on any atom is -0.374 e. The lowest BCUT2D eigenvalue weighted by Crippen LogP contribution is -2.59. The molecule has 3 amide bonds. The van der Waals surface area contributed by atoms with Crippen molar-refractivity contribution in [1.82, 2.24) is 15.1 Å². The normalized spacial score (nSPS) is 24.6. The smallest absolute Gasteiger partial charge is 0.253 e. The highest BCUT2D eigenvalue weighted by molar-refractivity contribution is 6.32. The van der Waals surface area contributed by atoms with Gasteiger partial charge in [0.15, 0.2) is 0 Å². The number of anilines is 4. The Bertz CT molecular complexity index is 2150. The second-order valence-electron chi connectivity index (χ2n) is 18.2. The van der Waals surface area contributed by atoms with Gasteiger partial charge in [0.1, 0.15) is 17.9 Å². The molecule has 2 N–H and O–H groups in total. The number of imide groups is 1. The molecule has 2 atom stereocenters. The number of hydrogen-bond acceptors (Lipinski definition) is 9. The van der Waals surface area contributed by atoms with Gasteiger partial charge in [0.2, 0.25) is 11.8 Å². The highest BCUT2D eigenvalue weighted by Gasteiger charge is 2.49. The molecule has 59 heavy (non-hydrogen) atoms. The molecule has 6 fully saturated rings. The lowest BCUT2D eigenvalue weighted by atomic mass is 9.60. The minimum absolute atomic E-state index is 0.0748. The van der Waals surface area contributed by atoms with Crippen LogP contribution in [-0.4, -0.2) is 105 Å². The van der Waals surface area contributed by atoms with Gasteiger partial charge in [-0.05, 0) is 124 Å². The van der Waals surface area contributed by atoms with Crippen LogP contribution in [-0.2, 0) is 9.59 Å². The van der Waals surface area contributed by atoms with Gasteiger partial charge in [-0.25, -0.2) is 4.39 Å². The Hall–Kier alpha value is -4.86. The van der Waals surface area contributed by atoms with Crippen molar-refractivity contribution in [3.05, 3.63) is 82.6 Å². The predicted octanol–water partition coefficient (Wildman–Crippen LogP) is 6.66. The molecule has 5 aliphatic heterocycles. The average Bonchev–Trinajstić information content (AvgIpc) is 3.56. The van der Waals surface area contributed by atoms with E-state index in [9.17, 15) is 19.6 Å². The van der Waals surface area contributed by atoms with Crippen molar-refractivity contribution in [1.29, 1.82) is 5.26 Å². The Morgan fingerprint density at radius 1 is 0.864 bits per heavy atom. The van der Waals surface area contributed by atoms with Gasteiger partial charge in [-0.2, -0.15) is 5.26 Å². The van der Waals surface area contributed by atoms with Gasteiger partial charge in [0, 0.05) is 100 Å². The van der Waals surface area contributed by atoms with Gasteiger partial charge >= 0.3 is 0 Å². The summed E-state index contributed by atoms with van der Waals surface area (Å²) in [5, 5.41) is 15.5. The van der Waals surface area contributed by atoms with E-state index in [0.717, 1.165) is 95.0 Å². The first-order valence-electron chi connectivity index (χ1n) is 21.5. The van der Waals surface area contributed by atoms with Gasteiger partial charge < -0.3 is 24.9 Å². The molecule has 310 valence electrons. The van der Waals surface area contributed by atoms with Crippen LogP contribution in [0.5, 0.6) is 0 Å². The van der Waals surface area contributed by atoms with Crippen LogP contribution in [0.15, 0.2) is 60.7 Å². The van der Waals surface area contributed by atoms with Crippen molar-refractivity contribution in [3.8, 4) is 6.07 Å². The molecule has 1 saturated carbocycles. The maximum Gasteiger partial charge on any atom is 0.253 e. The summed E-state index contributed by atoms with van der Waals surface area (Å²) in [6.07, 6.45) is 8.17. The number of piperidine rings is 3. The van der Waals surface area contributed by atoms with Gasteiger partial charge in [0.05, 0.1) is 16.3 Å². The number of rotatable bonds is 7. The number of likely N-dealkylation sites (tertiary alicyclic amines) is 1. The maximum atomic E-state index is 15.7. The number of halogens is 2. The zero-order chi connectivity index (χ0) is 40.9. The van der Waals surface area contributed by atoms with Crippen molar-refractivity contribution in [2.45, 2.75) is 82.8 Å². The summed E-state index contributed by atoms with van der Waals surface area (Å²) in [4.78, 5) is 48.9. The van der Waals surface area contributed by atoms with Crippen LogP contribution < -0.4 is 25.3 Å². The molecule has 13 heteroatoms. The summed E-state index contributed by atoms with van der Waals surface area (Å²) in [5.41, 5.74) is 5.00. The van der Waals surface area contributed by atoms with Gasteiger partial charge in [-0.1, -0.05) is 17.7 Å². The molecule has 9 rings (SSSR count). The van der Waals surface area contributed by atoms with Gasteiger partial charge in [-0.15, -0.1) is 0 Å². The largest absolute Gasteiger partial charge is 0.374 e. The first-order chi connectivity index (χ1) is 28.5. The number of amides is 3. The number of piperazine rings is 1. The van der Waals surface area contributed by atoms with E-state index in [1.54, 1.807) is 12.1 Å². The first-order valence-corrected chi connectivity index (χ1v) is 21.9. The SMILES string of the molecule is C[C@@H]1CC2(CCN(c3ccc(C(=O)N4CCC5(CC4)CC(N4CCN(c6cccc(NC7CCC(=O)NC7=O)c6)CC4)C5)cc3F)CC2)CN1c1ccc(C#N)c(Cl)c1. The van der Waals surface area contributed by atoms with Crippen molar-refractivity contribution in [2.24, 2.45) is 10.8 Å². The van der Waals surface area contributed by atoms with E-state index in [1.165, 1.54) is 18.9 Å². The number of hydrogen-bond donors (Lipinski definition) is 2. The molecule has 6 aliphatic rings.